The predicted molar refractivity (Wildman–Crippen MR) is 29.2 cm³/mol. The molecule has 0 N–H and O–H groups in total. The maximum absolute atomic E-state index is 5.19. The van der Waals surface area contributed by atoms with E-state index in [0.717, 1.165) is 12.5 Å². The largest absolute Gasteiger partial charge is 0.377 e. The van der Waals surface area contributed by atoms with Gasteiger partial charge >= 0.3 is 0 Å². The lowest BCUT2D eigenvalue weighted by Gasteiger charge is -2.33. The Kier molecular flexibility index (Phi) is 1.33. The molecular formula is C6H12O. The highest BCUT2D eigenvalue weighted by Crippen LogP contribution is 2.21. The minimum atomic E-state index is 0.583. The second kappa shape index (κ2) is 1.83. The third-order valence-corrected chi connectivity index (χ3v) is 1.61. The van der Waals surface area contributed by atoms with Gasteiger partial charge in [0.05, 0.1) is 12.7 Å². The molecule has 7 heavy (non-hydrogen) atoms. The number of rotatable bonds is 1. The molecule has 1 heterocycles. The van der Waals surface area contributed by atoms with Crippen LogP contribution in [0.1, 0.15) is 20.3 Å². The molecule has 1 unspecified atom stereocenters. The van der Waals surface area contributed by atoms with Gasteiger partial charge in [-0.3, -0.25) is 0 Å². The van der Waals surface area contributed by atoms with E-state index in [4.69, 9.17) is 4.74 Å². The van der Waals surface area contributed by atoms with Gasteiger partial charge in [-0.2, -0.15) is 0 Å². The molecule has 42 valence electrons. The fourth-order valence-electron chi connectivity index (χ4n) is 0.945. The fourth-order valence-corrected chi connectivity index (χ4v) is 0.945. The molecule has 0 aromatic heterocycles. The second-order valence-corrected chi connectivity index (χ2v) is 2.26. The number of hydrogen-bond acceptors (Lipinski definition) is 1. The monoisotopic (exact) mass is 100 g/mol. The Labute approximate surface area is 44.7 Å². The molecule has 2 atom stereocenters. The zero-order valence-electron chi connectivity index (χ0n) is 4.98. The molecular weight excluding hydrogens is 88.1 g/mol. The average molecular weight is 100 g/mol. The van der Waals surface area contributed by atoms with E-state index in [0.29, 0.717) is 6.10 Å². The summed E-state index contributed by atoms with van der Waals surface area (Å²) in [6, 6.07) is 0. The molecule has 1 aliphatic rings. The van der Waals surface area contributed by atoms with Crippen LogP contribution >= 0.6 is 0 Å². The lowest BCUT2D eigenvalue weighted by atomic mass is 9.99. The van der Waals surface area contributed by atoms with Crippen molar-refractivity contribution in [3.05, 3.63) is 0 Å². The summed E-state index contributed by atoms with van der Waals surface area (Å²) >= 11 is 0. The van der Waals surface area contributed by atoms with Gasteiger partial charge in [-0.1, -0.05) is 13.8 Å². The van der Waals surface area contributed by atoms with Crippen LogP contribution in [-0.4, -0.2) is 12.7 Å². The summed E-state index contributed by atoms with van der Waals surface area (Å²) < 4.78 is 5.19. The van der Waals surface area contributed by atoms with E-state index >= 15 is 0 Å². The van der Waals surface area contributed by atoms with Crippen molar-refractivity contribution >= 4 is 0 Å². The third kappa shape index (κ3) is 0.778. The molecule has 0 aromatic rings. The summed E-state index contributed by atoms with van der Waals surface area (Å²) in [5, 5.41) is 0. The van der Waals surface area contributed by atoms with Crippen molar-refractivity contribution in [3.8, 4) is 0 Å². The first kappa shape index (κ1) is 5.10. The van der Waals surface area contributed by atoms with Crippen LogP contribution in [0, 0.1) is 5.92 Å². The molecule has 0 radical (unpaired) electrons. The fraction of sp³-hybridized carbons (Fsp3) is 1.00. The molecule has 0 spiro atoms. The lowest BCUT2D eigenvalue weighted by molar-refractivity contribution is -0.107. The van der Waals surface area contributed by atoms with Gasteiger partial charge in [0, 0.05) is 5.92 Å². The molecule has 0 amide bonds. The van der Waals surface area contributed by atoms with E-state index < -0.39 is 0 Å². The highest BCUT2D eigenvalue weighted by Gasteiger charge is 2.25. The Bertz CT molecular complexity index is 59.2. The van der Waals surface area contributed by atoms with E-state index in [1.165, 1.54) is 6.42 Å². The van der Waals surface area contributed by atoms with E-state index in [1.54, 1.807) is 0 Å². The Balaban J connectivity index is 2.16. The molecule has 1 heteroatoms. The summed E-state index contributed by atoms with van der Waals surface area (Å²) in [7, 11) is 0. The van der Waals surface area contributed by atoms with E-state index in [2.05, 4.69) is 13.8 Å². The van der Waals surface area contributed by atoms with Crippen molar-refractivity contribution in [3.63, 3.8) is 0 Å². The minimum absolute atomic E-state index is 0.583. The maximum Gasteiger partial charge on any atom is 0.0620 e. The highest BCUT2D eigenvalue weighted by atomic mass is 16.5. The molecule has 0 bridgehead atoms. The van der Waals surface area contributed by atoms with Crippen LogP contribution in [-0.2, 0) is 4.74 Å². The Hall–Kier alpha value is -0.0400. The normalized spacial score (nSPS) is 40.3. The van der Waals surface area contributed by atoms with Crippen LogP contribution in [0.25, 0.3) is 0 Å². The van der Waals surface area contributed by atoms with Crippen LogP contribution in [0.2, 0.25) is 0 Å². The van der Waals surface area contributed by atoms with Crippen molar-refractivity contribution < 1.29 is 4.74 Å². The number of hydrogen-bond donors (Lipinski definition) is 0. The van der Waals surface area contributed by atoms with Gasteiger partial charge in [0.25, 0.3) is 0 Å². The van der Waals surface area contributed by atoms with E-state index in [1.807, 2.05) is 0 Å². The summed E-state index contributed by atoms with van der Waals surface area (Å²) in [6.45, 7) is 5.39. The standard InChI is InChI=1S/C6H12O/c1-3-6-5(2)4-7-6/h5-6H,3-4H2,1-2H3/t5-,6?/m0/s1. The molecule has 0 saturated carbocycles. The second-order valence-electron chi connectivity index (χ2n) is 2.26. The summed E-state index contributed by atoms with van der Waals surface area (Å²) in [4.78, 5) is 0. The van der Waals surface area contributed by atoms with Crippen LogP contribution in [0.15, 0.2) is 0 Å². The Morgan fingerprint density at radius 1 is 1.71 bits per heavy atom. The molecule has 1 rings (SSSR count). The van der Waals surface area contributed by atoms with Gasteiger partial charge in [0.15, 0.2) is 0 Å². The van der Waals surface area contributed by atoms with Gasteiger partial charge in [0.1, 0.15) is 0 Å². The topological polar surface area (TPSA) is 9.23 Å². The first-order chi connectivity index (χ1) is 3.34. The quantitative estimate of drug-likeness (QED) is 0.484. The van der Waals surface area contributed by atoms with Crippen molar-refractivity contribution in [1.82, 2.24) is 0 Å². The average Bonchev–Trinajstić information content (AvgIpc) is 1.65. The zero-order valence-corrected chi connectivity index (χ0v) is 4.98. The van der Waals surface area contributed by atoms with Crippen molar-refractivity contribution in [2.75, 3.05) is 6.61 Å². The van der Waals surface area contributed by atoms with Crippen LogP contribution < -0.4 is 0 Å². The van der Waals surface area contributed by atoms with Gasteiger partial charge in [-0.05, 0) is 6.42 Å². The highest BCUT2D eigenvalue weighted by molar-refractivity contribution is 4.72. The summed E-state index contributed by atoms with van der Waals surface area (Å²) in [5.74, 6) is 0.824. The zero-order chi connectivity index (χ0) is 5.28. The summed E-state index contributed by atoms with van der Waals surface area (Å²) in [6.07, 6.45) is 1.77. The minimum Gasteiger partial charge on any atom is -0.377 e. The molecule has 1 saturated heterocycles. The lowest BCUT2D eigenvalue weighted by Crippen LogP contribution is -2.36. The number of ether oxygens (including phenoxy) is 1. The first-order valence-corrected chi connectivity index (χ1v) is 2.96. The predicted octanol–water partition coefficient (Wildman–Crippen LogP) is 1.43. The van der Waals surface area contributed by atoms with E-state index in [-0.39, 0.29) is 0 Å². The SMILES string of the molecule is CCC1OC[C@@H]1C. The molecule has 1 fully saturated rings. The van der Waals surface area contributed by atoms with Crippen molar-refractivity contribution in [1.29, 1.82) is 0 Å². The Morgan fingerprint density at radius 3 is 2.43 bits per heavy atom. The molecule has 0 aliphatic carbocycles. The van der Waals surface area contributed by atoms with Crippen LogP contribution in [0.5, 0.6) is 0 Å². The maximum atomic E-state index is 5.19. The van der Waals surface area contributed by atoms with Gasteiger partial charge in [0.2, 0.25) is 0 Å². The van der Waals surface area contributed by atoms with Crippen molar-refractivity contribution in [2.24, 2.45) is 5.92 Å². The Morgan fingerprint density at radius 2 is 2.43 bits per heavy atom. The first-order valence-electron chi connectivity index (χ1n) is 2.96. The van der Waals surface area contributed by atoms with Crippen LogP contribution in [0.3, 0.4) is 0 Å². The summed E-state index contributed by atoms with van der Waals surface area (Å²) in [5.41, 5.74) is 0. The molecule has 1 nitrogen and oxygen atoms in total. The third-order valence-electron chi connectivity index (χ3n) is 1.61. The van der Waals surface area contributed by atoms with E-state index in [9.17, 15) is 0 Å². The van der Waals surface area contributed by atoms with Gasteiger partial charge in [-0.15, -0.1) is 0 Å². The van der Waals surface area contributed by atoms with Crippen molar-refractivity contribution in [2.45, 2.75) is 26.4 Å². The van der Waals surface area contributed by atoms with Gasteiger partial charge < -0.3 is 4.74 Å². The van der Waals surface area contributed by atoms with Gasteiger partial charge in [-0.25, -0.2) is 0 Å². The molecule has 0 aromatic carbocycles. The molecule has 1 aliphatic heterocycles. The van der Waals surface area contributed by atoms with Crippen LogP contribution in [0.4, 0.5) is 0 Å². The smallest absolute Gasteiger partial charge is 0.0620 e.